The summed E-state index contributed by atoms with van der Waals surface area (Å²) in [4.78, 5) is 10.5. The lowest BCUT2D eigenvalue weighted by Crippen LogP contribution is -2.21. The van der Waals surface area contributed by atoms with E-state index in [1.165, 1.54) is 7.11 Å². The summed E-state index contributed by atoms with van der Waals surface area (Å²) in [6.45, 7) is 2.21. The Labute approximate surface area is 47.6 Å². The zero-order chi connectivity index (χ0) is 6.20. The summed E-state index contributed by atoms with van der Waals surface area (Å²) in [6, 6.07) is 0. The van der Waals surface area contributed by atoms with E-state index in [0.717, 1.165) is 0 Å². The van der Waals surface area contributed by atoms with Crippen molar-refractivity contribution < 1.29 is 14.3 Å². The van der Waals surface area contributed by atoms with Crippen LogP contribution in [0.4, 0.5) is 0 Å². The van der Waals surface area contributed by atoms with Crippen LogP contribution in [0.15, 0.2) is 0 Å². The summed E-state index contributed by atoms with van der Waals surface area (Å²) in [5.74, 6) is -0.280. The van der Waals surface area contributed by atoms with Crippen molar-refractivity contribution in [2.45, 2.75) is 12.5 Å². The van der Waals surface area contributed by atoms with Gasteiger partial charge in [0.1, 0.15) is 0 Å². The van der Waals surface area contributed by atoms with Gasteiger partial charge in [-0.05, 0) is 6.92 Å². The van der Waals surface area contributed by atoms with Gasteiger partial charge in [-0.15, -0.1) is 0 Å². The Morgan fingerprint density at radius 1 is 1.88 bits per heavy atom. The first-order valence-electron chi connectivity index (χ1n) is 2.41. The Kier molecular flexibility index (Phi) is 1.01. The first-order valence-corrected chi connectivity index (χ1v) is 2.41. The Morgan fingerprint density at radius 2 is 2.38 bits per heavy atom. The fraction of sp³-hybridized carbons (Fsp3) is 0.800. The van der Waals surface area contributed by atoms with Crippen LogP contribution >= 0.6 is 0 Å². The molecule has 1 aliphatic rings. The summed E-state index contributed by atoms with van der Waals surface area (Å²) in [6.07, 6.45) is 0. The molecule has 1 atom stereocenters. The fourth-order valence-electron chi connectivity index (χ4n) is 0.442. The van der Waals surface area contributed by atoms with Gasteiger partial charge in [0, 0.05) is 0 Å². The number of carbonyl (C=O) groups excluding carboxylic acids is 1. The highest BCUT2D eigenvalue weighted by molar-refractivity contribution is 5.81. The number of hydrogen-bond donors (Lipinski definition) is 0. The SMILES string of the molecule is COC(=O)[C@@]1(C)CO1. The summed E-state index contributed by atoms with van der Waals surface area (Å²) in [7, 11) is 1.36. The standard InChI is InChI=1S/C5H8O3/c1-5(3-8-5)4(6)7-2/h3H2,1-2H3/t5-/m1/s1. The van der Waals surface area contributed by atoms with Crippen molar-refractivity contribution in [1.82, 2.24) is 0 Å². The van der Waals surface area contributed by atoms with E-state index < -0.39 is 5.60 Å². The number of ether oxygens (including phenoxy) is 2. The molecule has 0 aliphatic carbocycles. The van der Waals surface area contributed by atoms with Gasteiger partial charge in [0.15, 0.2) is 5.60 Å². The normalized spacial score (nSPS) is 34.2. The Hall–Kier alpha value is -0.570. The Balaban J connectivity index is 2.46. The van der Waals surface area contributed by atoms with E-state index in [1.54, 1.807) is 6.92 Å². The minimum absolute atomic E-state index is 0.280. The van der Waals surface area contributed by atoms with Gasteiger partial charge in [-0.2, -0.15) is 0 Å². The monoisotopic (exact) mass is 116 g/mol. The van der Waals surface area contributed by atoms with Gasteiger partial charge in [-0.1, -0.05) is 0 Å². The first-order chi connectivity index (χ1) is 3.69. The molecule has 1 saturated heterocycles. The van der Waals surface area contributed by atoms with Crippen molar-refractivity contribution >= 4 is 5.97 Å². The third-order valence-corrected chi connectivity index (χ3v) is 1.19. The van der Waals surface area contributed by atoms with E-state index in [4.69, 9.17) is 4.74 Å². The van der Waals surface area contributed by atoms with Crippen molar-refractivity contribution in [2.24, 2.45) is 0 Å². The maximum Gasteiger partial charge on any atom is 0.340 e. The third-order valence-electron chi connectivity index (χ3n) is 1.19. The van der Waals surface area contributed by atoms with Crippen LogP contribution in [0.2, 0.25) is 0 Å². The lowest BCUT2D eigenvalue weighted by atomic mass is 10.2. The molecule has 3 heteroatoms. The summed E-state index contributed by atoms with van der Waals surface area (Å²) in [5, 5.41) is 0. The lowest BCUT2D eigenvalue weighted by molar-refractivity contribution is -0.146. The molecule has 0 aromatic rings. The van der Waals surface area contributed by atoms with Crippen LogP contribution in [0.1, 0.15) is 6.92 Å². The predicted octanol–water partition coefficient (Wildman–Crippen LogP) is -0.0517. The molecule has 1 heterocycles. The largest absolute Gasteiger partial charge is 0.467 e. The molecule has 1 aliphatic heterocycles. The van der Waals surface area contributed by atoms with Gasteiger partial charge in [0.2, 0.25) is 0 Å². The van der Waals surface area contributed by atoms with Gasteiger partial charge in [-0.3, -0.25) is 0 Å². The number of carbonyl (C=O) groups is 1. The maximum absolute atomic E-state index is 10.5. The second-order valence-corrected chi connectivity index (χ2v) is 2.01. The van der Waals surface area contributed by atoms with Crippen molar-refractivity contribution in [3.05, 3.63) is 0 Å². The molecule has 1 fully saturated rings. The molecule has 0 saturated carbocycles. The van der Waals surface area contributed by atoms with Gasteiger partial charge >= 0.3 is 5.97 Å². The molecule has 1 rings (SSSR count). The quantitative estimate of drug-likeness (QED) is 0.356. The molecule has 3 nitrogen and oxygen atoms in total. The van der Waals surface area contributed by atoms with E-state index in [9.17, 15) is 4.79 Å². The number of epoxide rings is 1. The van der Waals surface area contributed by atoms with E-state index >= 15 is 0 Å². The van der Waals surface area contributed by atoms with Crippen LogP contribution in [0.25, 0.3) is 0 Å². The number of methoxy groups -OCH3 is 1. The van der Waals surface area contributed by atoms with E-state index in [-0.39, 0.29) is 5.97 Å². The second-order valence-electron chi connectivity index (χ2n) is 2.01. The van der Waals surface area contributed by atoms with Crippen molar-refractivity contribution in [3.63, 3.8) is 0 Å². The average Bonchev–Trinajstić information content (AvgIpc) is 2.47. The van der Waals surface area contributed by atoms with Crippen molar-refractivity contribution in [3.8, 4) is 0 Å². The van der Waals surface area contributed by atoms with E-state index in [2.05, 4.69) is 4.74 Å². The molecular formula is C5H8O3. The zero-order valence-electron chi connectivity index (χ0n) is 4.93. The molecule has 0 spiro atoms. The van der Waals surface area contributed by atoms with Crippen molar-refractivity contribution in [1.29, 1.82) is 0 Å². The van der Waals surface area contributed by atoms with Crippen LogP contribution in [0.3, 0.4) is 0 Å². The smallest absolute Gasteiger partial charge is 0.340 e. The van der Waals surface area contributed by atoms with Gasteiger partial charge in [0.05, 0.1) is 13.7 Å². The summed E-state index contributed by atoms with van der Waals surface area (Å²) >= 11 is 0. The minimum atomic E-state index is -0.602. The summed E-state index contributed by atoms with van der Waals surface area (Å²) < 4.78 is 9.19. The molecule has 8 heavy (non-hydrogen) atoms. The molecule has 0 bridgehead atoms. The molecule has 0 amide bonds. The lowest BCUT2D eigenvalue weighted by Gasteiger charge is -1.98. The first kappa shape index (κ1) is 5.56. The average molecular weight is 116 g/mol. The number of rotatable bonds is 1. The van der Waals surface area contributed by atoms with Gasteiger partial charge in [-0.25, -0.2) is 4.79 Å². The zero-order valence-corrected chi connectivity index (χ0v) is 4.93. The number of hydrogen-bond acceptors (Lipinski definition) is 3. The van der Waals surface area contributed by atoms with Crippen LogP contribution in [0.5, 0.6) is 0 Å². The highest BCUT2D eigenvalue weighted by atomic mass is 16.6. The molecule has 46 valence electrons. The molecule has 0 aromatic heterocycles. The molecule has 0 aromatic carbocycles. The second kappa shape index (κ2) is 1.45. The fourth-order valence-corrected chi connectivity index (χ4v) is 0.442. The van der Waals surface area contributed by atoms with Crippen LogP contribution in [0, 0.1) is 0 Å². The van der Waals surface area contributed by atoms with Crippen LogP contribution < -0.4 is 0 Å². The van der Waals surface area contributed by atoms with E-state index in [0.29, 0.717) is 6.61 Å². The van der Waals surface area contributed by atoms with Crippen LogP contribution in [-0.4, -0.2) is 25.3 Å². The highest BCUT2D eigenvalue weighted by Gasteiger charge is 2.48. The molecule has 0 N–H and O–H groups in total. The molecule has 0 unspecified atom stereocenters. The minimum Gasteiger partial charge on any atom is -0.467 e. The van der Waals surface area contributed by atoms with Crippen molar-refractivity contribution in [2.75, 3.05) is 13.7 Å². The maximum atomic E-state index is 10.5. The Morgan fingerprint density at radius 3 is 2.50 bits per heavy atom. The predicted molar refractivity (Wildman–Crippen MR) is 26.4 cm³/mol. The van der Waals surface area contributed by atoms with Gasteiger partial charge < -0.3 is 9.47 Å². The molecular weight excluding hydrogens is 108 g/mol. The third kappa shape index (κ3) is 0.690. The summed E-state index contributed by atoms with van der Waals surface area (Å²) in [5.41, 5.74) is -0.602. The number of esters is 1. The topological polar surface area (TPSA) is 38.8 Å². The highest BCUT2D eigenvalue weighted by Crippen LogP contribution is 2.26. The molecule has 0 radical (unpaired) electrons. The van der Waals surface area contributed by atoms with Crippen LogP contribution in [-0.2, 0) is 14.3 Å². The Bertz CT molecular complexity index is 115. The van der Waals surface area contributed by atoms with Gasteiger partial charge in [0.25, 0.3) is 0 Å². The van der Waals surface area contributed by atoms with E-state index in [1.807, 2.05) is 0 Å².